The third-order valence-corrected chi connectivity index (χ3v) is 4.52. The Hall–Kier alpha value is -1.14. The van der Waals surface area contributed by atoms with Crippen molar-refractivity contribution in [2.24, 2.45) is 7.05 Å². The zero-order valence-corrected chi connectivity index (χ0v) is 14.9. The number of hydrogen-bond donors (Lipinski definition) is 1. The van der Waals surface area contributed by atoms with Crippen molar-refractivity contribution in [3.63, 3.8) is 0 Å². The summed E-state index contributed by atoms with van der Waals surface area (Å²) < 4.78 is 5.04. The van der Waals surface area contributed by atoms with Crippen LogP contribution in [0.5, 0.6) is 0 Å². The third kappa shape index (κ3) is 3.74. The average molecular weight is 354 g/mol. The molecule has 2 heterocycles. The van der Waals surface area contributed by atoms with Crippen LogP contribution >= 0.6 is 15.9 Å². The molecule has 116 valence electrons. The molecule has 0 atom stereocenters. The second kappa shape index (κ2) is 7.22. The molecule has 2 aromatic rings. The summed E-state index contributed by atoms with van der Waals surface area (Å²) in [6.45, 7) is 9.01. The van der Waals surface area contributed by atoms with Crippen molar-refractivity contribution in [1.29, 1.82) is 0 Å². The Morgan fingerprint density at radius 2 is 2.05 bits per heavy atom. The van der Waals surface area contributed by atoms with Gasteiger partial charge in [-0.3, -0.25) is 9.36 Å². The highest BCUT2D eigenvalue weighted by Crippen LogP contribution is 2.22. The average Bonchev–Trinajstić information content (AvgIpc) is 2.94. The van der Waals surface area contributed by atoms with Crippen molar-refractivity contribution in [3.8, 4) is 0 Å². The molecule has 6 heteroatoms. The Labute approximate surface area is 134 Å². The second-order valence-corrected chi connectivity index (χ2v) is 6.09. The molecule has 0 saturated carbocycles. The summed E-state index contributed by atoms with van der Waals surface area (Å²) in [5.74, 6) is 0. The number of aryl methyl sites for hydroxylation is 3. The van der Waals surface area contributed by atoms with Gasteiger partial charge >= 0.3 is 0 Å². The molecule has 0 aliphatic heterocycles. The predicted molar refractivity (Wildman–Crippen MR) is 88.3 cm³/mol. The van der Waals surface area contributed by atoms with Crippen LogP contribution in [0.25, 0.3) is 0 Å². The van der Waals surface area contributed by atoms with Crippen molar-refractivity contribution in [3.05, 3.63) is 33.3 Å². The maximum absolute atomic E-state index is 4.62. The number of hydrogen-bond acceptors (Lipinski definition) is 3. The minimum atomic E-state index is 0.735. The van der Waals surface area contributed by atoms with E-state index in [1.54, 1.807) is 0 Å². The SMILES string of the molecule is CCCNCc1cn(Cc2c(Br)c(CC)nn2C)nc1C. The fourth-order valence-electron chi connectivity index (χ4n) is 2.36. The number of nitrogens with zero attached hydrogens (tertiary/aromatic N) is 4. The molecule has 5 nitrogen and oxygen atoms in total. The summed E-state index contributed by atoms with van der Waals surface area (Å²) in [5, 5.41) is 12.6. The molecule has 0 spiro atoms. The zero-order valence-electron chi connectivity index (χ0n) is 13.3. The van der Waals surface area contributed by atoms with E-state index in [1.165, 1.54) is 5.56 Å². The van der Waals surface area contributed by atoms with E-state index in [0.29, 0.717) is 0 Å². The second-order valence-electron chi connectivity index (χ2n) is 5.30. The van der Waals surface area contributed by atoms with E-state index < -0.39 is 0 Å². The van der Waals surface area contributed by atoms with Crippen LogP contribution in [0.3, 0.4) is 0 Å². The van der Waals surface area contributed by atoms with Gasteiger partial charge in [0.2, 0.25) is 0 Å². The Kier molecular flexibility index (Phi) is 5.58. The first-order valence-electron chi connectivity index (χ1n) is 7.50. The smallest absolute Gasteiger partial charge is 0.0839 e. The highest BCUT2D eigenvalue weighted by molar-refractivity contribution is 9.10. The summed E-state index contributed by atoms with van der Waals surface area (Å²) in [6.07, 6.45) is 4.21. The predicted octanol–water partition coefficient (Wildman–Crippen LogP) is 2.80. The van der Waals surface area contributed by atoms with Crippen LogP contribution in [-0.2, 0) is 26.6 Å². The first kappa shape index (κ1) is 16.2. The van der Waals surface area contributed by atoms with E-state index in [1.807, 2.05) is 16.4 Å². The molecule has 0 fully saturated rings. The van der Waals surface area contributed by atoms with Gasteiger partial charge in [-0.05, 0) is 42.2 Å². The van der Waals surface area contributed by atoms with Crippen LogP contribution in [0.15, 0.2) is 10.7 Å². The summed E-state index contributed by atoms with van der Waals surface area (Å²) in [5.41, 5.74) is 4.61. The van der Waals surface area contributed by atoms with Gasteiger partial charge in [0, 0.05) is 25.4 Å². The van der Waals surface area contributed by atoms with Crippen LogP contribution in [0.2, 0.25) is 0 Å². The number of aromatic nitrogens is 4. The Bertz CT molecular complexity index is 599. The summed E-state index contributed by atoms with van der Waals surface area (Å²) in [4.78, 5) is 0. The van der Waals surface area contributed by atoms with Gasteiger partial charge in [-0.25, -0.2) is 0 Å². The molecule has 0 bridgehead atoms. The lowest BCUT2D eigenvalue weighted by Crippen LogP contribution is -2.13. The van der Waals surface area contributed by atoms with Crippen molar-refractivity contribution >= 4 is 15.9 Å². The first-order valence-corrected chi connectivity index (χ1v) is 8.30. The largest absolute Gasteiger partial charge is 0.313 e. The molecule has 21 heavy (non-hydrogen) atoms. The maximum Gasteiger partial charge on any atom is 0.0839 e. The monoisotopic (exact) mass is 353 g/mol. The van der Waals surface area contributed by atoms with Gasteiger partial charge in [-0.1, -0.05) is 13.8 Å². The van der Waals surface area contributed by atoms with Gasteiger partial charge in [0.25, 0.3) is 0 Å². The Balaban J connectivity index is 2.13. The molecule has 0 radical (unpaired) electrons. The summed E-state index contributed by atoms with van der Waals surface area (Å²) >= 11 is 3.66. The number of nitrogens with one attached hydrogen (secondary N) is 1. The fraction of sp³-hybridized carbons (Fsp3) is 0.600. The van der Waals surface area contributed by atoms with Gasteiger partial charge in [0.15, 0.2) is 0 Å². The summed E-state index contributed by atoms with van der Waals surface area (Å²) in [6, 6.07) is 0. The van der Waals surface area contributed by atoms with Crippen LogP contribution in [-0.4, -0.2) is 26.1 Å². The van der Waals surface area contributed by atoms with E-state index in [9.17, 15) is 0 Å². The lowest BCUT2D eigenvalue weighted by molar-refractivity contribution is 0.612. The molecule has 0 aromatic carbocycles. The normalized spacial score (nSPS) is 11.3. The third-order valence-electron chi connectivity index (χ3n) is 3.60. The summed E-state index contributed by atoms with van der Waals surface area (Å²) in [7, 11) is 1.99. The van der Waals surface area contributed by atoms with Crippen LogP contribution in [0, 0.1) is 6.92 Å². The van der Waals surface area contributed by atoms with Gasteiger partial charge in [0.05, 0.1) is 28.1 Å². The number of rotatable bonds is 7. The minimum absolute atomic E-state index is 0.735. The van der Waals surface area contributed by atoms with E-state index in [0.717, 1.165) is 54.0 Å². The number of halogens is 1. The zero-order chi connectivity index (χ0) is 15.4. The first-order chi connectivity index (χ1) is 10.1. The fourth-order valence-corrected chi connectivity index (χ4v) is 3.10. The van der Waals surface area contributed by atoms with Gasteiger partial charge in [-0.2, -0.15) is 10.2 Å². The molecule has 0 saturated heterocycles. The lowest BCUT2D eigenvalue weighted by Gasteiger charge is -2.03. The Morgan fingerprint density at radius 3 is 2.67 bits per heavy atom. The molecule has 0 aliphatic carbocycles. The van der Waals surface area contributed by atoms with Crippen molar-refractivity contribution in [1.82, 2.24) is 24.9 Å². The van der Waals surface area contributed by atoms with E-state index in [-0.39, 0.29) is 0 Å². The van der Waals surface area contributed by atoms with Crippen LogP contribution in [0.1, 0.15) is 42.9 Å². The van der Waals surface area contributed by atoms with Gasteiger partial charge in [-0.15, -0.1) is 0 Å². The van der Waals surface area contributed by atoms with E-state index >= 15 is 0 Å². The van der Waals surface area contributed by atoms with E-state index in [4.69, 9.17) is 0 Å². The van der Waals surface area contributed by atoms with E-state index in [2.05, 4.69) is 58.4 Å². The molecule has 2 rings (SSSR count). The quantitative estimate of drug-likeness (QED) is 0.778. The highest BCUT2D eigenvalue weighted by atomic mass is 79.9. The van der Waals surface area contributed by atoms with Crippen molar-refractivity contribution in [2.45, 2.75) is 46.7 Å². The maximum atomic E-state index is 4.62. The molecular formula is C15H24BrN5. The lowest BCUT2D eigenvalue weighted by atomic mass is 10.2. The molecule has 0 aliphatic rings. The topological polar surface area (TPSA) is 47.7 Å². The molecule has 1 N–H and O–H groups in total. The Morgan fingerprint density at radius 1 is 1.29 bits per heavy atom. The molecule has 2 aromatic heterocycles. The van der Waals surface area contributed by atoms with Crippen LogP contribution < -0.4 is 5.32 Å². The molecule has 0 amide bonds. The van der Waals surface area contributed by atoms with Gasteiger partial charge in [0.1, 0.15) is 0 Å². The van der Waals surface area contributed by atoms with Crippen LogP contribution in [0.4, 0.5) is 0 Å². The molecular weight excluding hydrogens is 330 g/mol. The van der Waals surface area contributed by atoms with Gasteiger partial charge < -0.3 is 5.32 Å². The highest BCUT2D eigenvalue weighted by Gasteiger charge is 2.14. The standard InChI is InChI=1S/C15H24BrN5/c1-5-7-17-8-12-9-21(18-11(12)3)10-14-15(16)13(6-2)19-20(14)4/h9,17H,5-8,10H2,1-4H3. The minimum Gasteiger partial charge on any atom is -0.313 e. The molecule has 0 unspecified atom stereocenters. The van der Waals surface area contributed by atoms with Crippen molar-refractivity contribution in [2.75, 3.05) is 6.54 Å². The van der Waals surface area contributed by atoms with Crippen molar-refractivity contribution < 1.29 is 0 Å².